The van der Waals surface area contributed by atoms with Gasteiger partial charge in [0.25, 0.3) is 5.91 Å². The highest BCUT2D eigenvalue weighted by Crippen LogP contribution is 2.26. The van der Waals surface area contributed by atoms with Crippen molar-refractivity contribution in [1.29, 1.82) is 5.26 Å². The first kappa shape index (κ1) is 22.5. The molecule has 3 N–H and O–H groups in total. The number of aromatic amines is 1. The van der Waals surface area contributed by atoms with Crippen molar-refractivity contribution in [3.05, 3.63) is 52.0 Å². The fourth-order valence-electron chi connectivity index (χ4n) is 3.05. The Morgan fingerprint density at radius 3 is 2.71 bits per heavy atom. The molecule has 1 aromatic heterocycles. The molecule has 0 saturated carbocycles. The van der Waals surface area contributed by atoms with Crippen LogP contribution >= 0.6 is 23.6 Å². The maximum atomic E-state index is 12.2. The molecule has 3 rings (SSSR count). The maximum absolute atomic E-state index is 12.2. The fourth-order valence-corrected chi connectivity index (χ4v) is 4.20. The van der Waals surface area contributed by atoms with E-state index in [1.54, 1.807) is 24.3 Å². The van der Waals surface area contributed by atoms with E-state index < -0.39 is 0 Å². The molecule has 3 aromatic rings. The van der Waals surface area contributed by atoms with E-state index in [1.165, 1.54) is 11.3 Å². The molecule has 2 aromatic carbocycles. The summed E-state index contributed by atoms with van der Waals surface area (Å²) in [6.07, 6.45) is 3.95. The SMILES string of the molecule is CCCCNC(=O)c1ccc(N=C(NC#N)N(CC)c2ccc3[nH]c(=S)sc3c2)cc1. The predicted octanol–water partition coefficient (Wildman–Crippen LogP) is 5.07. The smallest absolute Gasteiger partial charge is 0.251 e. The van der Waals surface area contributed by atoms with Crippen molar-refractivity contribution in [2.45, 2.75) is 26.7 Å². The number of nitriles is 1. The Morgan fingerprint density at radius 1 is 1.26 bits per heavy atom. The zero-order chi connectivity index (χ0) is 22.2. The monoisotopic (exact) mass is 452 g/mol. The number of aliphatic imine (C=N–C) groups is 1. The number of fused-ring (bicyclic) bond motifs is 1. The van der Waals surface area contributed by atoms with Gasteiger partial charge in [0.2, 0.25) is 5.96 Å². The second-order valence-corrected chi connectivity index (χ2v) is 8.49. The van der Waals surface area contributed by atoms with Crippen LogP contribution < -0.4 is 15.5 Å². The Morgan fingerprint density at radius 2 is 2.03 bits per heavy atom. The number of amides is 1. The number of guanidine groups is 1. The lowest BCUT2D eigenvalue weighted by molar-refractivity contribution is 0.0953. The van der Waals surface area contributed by atoms with Crippen molar-refractivity contribution in [3.8, 4) is 6.19 Å². The summed E-state index contributed by atoms with van der Waals surface area (Å²) in [5.74, 6) is 0.306. The summed E-state index contributed by atoms with van der Waals surface area (Å²) >= 11 is 6.73. The highest BCUT2D eigenvalue weighted by Gasteiger charge is 2.14. The summed E-state index contributed by atoms with van der Waals surface area (Å²) in [6.45, 7) is 5.34. The molecular formula is C22H24N6OS2. The fraction of sp³-hybridized carbons (Fsp3) is 0.273. The Balaban J connectivity index is 1.85. The van der Waals surface area contributed by atoms with E-state index in [2.05, 4.69) is 27.5 Å². The molecule has 7 nitrogen and oxygen atoms in total. The zero-order valence-electron chi connectivity index (χ0n) is 17.4. The summed E-state index contributed by atoms with van der Waals surface area (Å²) in [5, 5.41) is 14.8. The largest absolute Gasteiger partial charge is 0.352 e. The third-order valence-corrected chi connectivity index (χ3v) is 5.83. The molecule has 0 atom stereocenters. The molecule has 0 aliphatic rings. The summed E-state index contributed by atoms with van der Waals surface area (Å²) in [6, 6.07) is 13.0. The van der Waals surface area contributed by atoms with Gasteiger partial charge in [-0.2, -0.15) is 5.26 Å². The average molecular weight is 453 g/mol. The number of H-pyrrole nitrogens is 1. The van der Waals surface area contributed by atoms with E-state index >= 15 is 0 Å². The molecule has 0 radical (unpaired) electrons. The summed E-state index contributed by atoms with van der Waals surface area (Å²) < 4.78 is 1.76. The maximum Gasteiger partial charge on any atom is 0.251 e. The second-order valence-electron chi connectivity index (χ2n) is 6.77. The first-order valence-corrected chi connectivity index (χ1v) is 11.3. The number of anilines is 1. The number of carbonyl (C=O) groups is 1. The van der Waals surface area contributed by atoms with Gasteiger partial charge in [-0.3, -0.25) is 10.1 Å². The molecule has 0 spiro atoms. The molecule has 31 heavy (non-hydrogen) atoms. The predicted molar refractivity (Wildman–Crippen MR) is 130 cm³/mol. The van der Waals surface area contributed by atoms with Crippen LogP contribution in [0.4, 0.5) is 11.4 Å². The van der Waals surface area contributed by atoms with Crippen LogP contribution in [-0.4, -0.2) is 29.9 Å². The van der Waals surface area contributed by atoms with Gasteiger partial charge in [0.1, 0.15) is 0 Å². The first-order chi connectivity index (χ1) is 15.0. The minimum absolute atomic E-state index is 0.100. The van der Waals surface area contributed by atoms with Gasteiger partial charge in [0, 0.05) is 24.3 Å². The number of hydrogen-bond acceptors (Lipinski definition) is 5. The van der Waals surface area contributed by atoms with Crippen LogP contribution in [0, 0.1) is 15.4 Å². The number of hydrogen-bond donors (Lipinski definition) is 3. The van der Waals surface area contributed by atoms with Crippen molar-refractivity contribution < 1.29 is 4.79 Å². The molecule has 0 aliphatic heterocycles. The number of benzene rings is 2. The number of nitrogens with one attached hydrogen (secondary N) is 3. The molecular weight excluding hydrogens is 428 g/mol. The van der Waals surface area contributed by atoms with Crippen LogP contribution in [0.2, 0.25) is 0 Å². The quantitative estimate of drug-likeness (QED) is 0.116. The van der Waals surface area contributed by atoms with Crippen LogP contribution in [-0.2, 0) is 0 Å². The van der Waals surface area contributed by atoms with E-state index in [1.807, 2.05) is 36.2 Å². The van der Waals surface area contributed by atoms with E-state index in [-0.39, 0.29) is 5.91 Å². The van der Waals surface area contributed by atoms with Crippen LogP contribution in [0.3, 0.4) is 0 Å². The molecule has 1 heterocycles. The van der Waals surface area contributed by atoms with Crippen LogP contribution in [0.15, 0.2) is 47.5 Å². The van der Waals surface area contributed by atoms with Crippen molar-refractivity contribution in [2.24, 2.45) is 4.99 Å². The van der Waals surface area contributed by atoms with Gasteiger partial charge >= 0.3 is 0 Å². The number of unbranched alkanes of at least 4 members (excludes halogenated alkanes) is 1. The number of nitrogens with zero attached hydrogens (tertiary/aromatic N) is 3. The van der Waals surface area contributed by atoms with Crippen molar-refractivity contribution >= 4 is 57.0 Å². The lowest BCUT2D eigenvalue weighted by Crippen LogP contribution is -2.39. The van der Waals surface area contributed by atoms with Gasteiger partial charge in [0.15, 0.2) is 10.1 Å². The molecule has 9 heteroatoms. The molecule has 0 aliphatic carbocycles. The Bertz CT molecular complexity index is 1170. The van der Waals surface area contributed by atoms with Gasteiger partial charge < -0.3 is 15.2 Å². The summed E-state index contributed by atoms with van der Waals surface area (Å²) in [5.41, 5.74) is 3.10. The number of thiazole rings is 1. The number of carbonyl (C=O) groups excluding carboxylic acids is 1. The standard InChI is InChI=1S/C22H24N6OS2/c1-3-5-12-24-20(29)15-6-8-16(9-7-15)26-21(25-14-23)28(4-2)17-10-11-18-19(13-17)31-22(30)27-18/h6-11,13H,3-5,12H2,1-2H3,(H,24,29)(H,25,26)(H,27,30). The topological polar surface area (TPSA) is 96.3 Å². The minimum Gasteiger partial charge on any atom is -0.352 e. The highest BCUT2D eigenvalue weighted by molar-refractivity contribution is 7.73. The van der Waals surface area contributed by atoms with E-state index in [0.717, 1.165) is 32.7 Å². The third kappa shape index (κ3) is 5.69. The lowest BCUT2D eigenvalue weighted by atomic mass is 10.2. The van der Waals surface area contributed by atoms with Crippen LogP contribution in [0.5, 0.6) is 0 Å². The van der Waals surface area contributed by atoms with Gasteiger partial charge in [0.05, 0.1) is 15.9 Å². The van der Waals surface area contributed by atoms with Crippen molar-refractivity contribution in [2.75, 3.05) is 18.0 Å². The second kappa shape index (κ2) is 10.7. The third-order valence-electron chi connectivity index (χ3n) is 4.64. The Hall–Kier alpha value is -3.22. The van der Waals surface area contributed by atoms with E-state index in [0.29, 0.717) is 30.3 Å². The van der Waals surface area contributed by atoms with Gasteiger partial charge in [-0.05, 0) is 68.0 Å². The number of aromatic nitrogens is 1. The summed E-state index contributed by atoms with van der Waals surface area (Å²) in [4.78, 5) is 21.9. The highest BCUT2D eigenvalue weighted by atomic mass is 32.1. The van der Waals surface area contributed by atoms with E-state index in [9.17, 15) is 10.1 Å². The molecule has 160 valence electrons. The normalized spacial score (nSPS) is 11.2. The van der Waals surface area contributed by atoms with Gasteiger partial charge in [-0.1, -0.05) is 13.3 Å². The van der Waals surface area contributed by atoms with Crippen molar-refractivity contribution in [1.82, 2.24) is 15.6 Å². The average Bonchev–Trinajstić information content (AvgIpc) is 3.14. The molecule has 0 unspecified atom stereocenters. The number of rotatable bonds is 7. The molecule has 1 amide bonds. The lowest BCUT2D eigenvalue weighted by Gasteiger charge is -2.23. The minimum atomic E-state index is -0.100. The van der Waals surface area contributed by atoms with Crippen LogP contribution in [0.1, 0.15) is 37.0 Å². The Labute approximate surface area is 190 Å². The zero-order valence-corrected chi connectivity index (χ0v) is 19.1. The molecule has 0 saturated heterocycles. The van der Waals surface area contributed by atoms with E-state index in [4.69, 9.17) is 12.2 Å². The molecule has 0 fully saturated rings. The van der Waals surface area contributed by atoms with Crippen molar-refractivity contribution in [3.63, 3.8) is 0 Å². The molecule has 0 bridgehead atoms. The van der Waals surface area contributed by atoms with Crippen LogP contribution in [0.25, 0.3) is 10.2 Å². The van der Waals surface area contributed by atoms with Gasteiger partial charge in [-0.25, -0.2) is 4.99 Å². The summed E-state index contributed by atoms with van der Waals surface area (Å²) in [7, 11) is 0. The first-order valence-electron chi connectivity index (χ1n) is 10.1. The van der Waals surface area contributed by atoms with Gasteiger partial charge in [-0.15, -0.1) is 11.3 Å². The Kier molecular flexibility index (Phi) is 7.76.